The van der Waals surface area contributed by atoms with Crippen LogP contribution in [0.1, 0.15) is 33.1 Å². The molecule has 0 heterocycles. The molecule has 5 N–H and O–H groups in total. The third kappa shape index (κ3) is 2.39. The zero-order chi connectivity index (χ0) is 15.9. The van der Waals surface area contributed by atoms with Gasteiger partial charge in [0.25, 0.3) is 0 Å². The summed E-state index contributed by atoms with van der Waals surface area (Å²) in [4.78, 5) is 35.0. The number of carbonyl (C=O) groups is 3. The third-order valence-electron chi connectivity index (χ3n) is 5.18. The lowest BCUT2D eigenvalue weighted by Gasteiger charge is -2.30. The lowest BCUT2D eigenvalue weighted by atomic mass is 9.89. The Balaban J connectivity index is 2.16. The first-order chi connectivity index (χ1) is 9.76. The van der Waals surface area contributed by atoms with Crippen molar-refractivity contribution in [1.82, 2.24) is 5.32 Å². The van der Waals surface area contributed by atoms with Gasteiger partial charge in [-0.2, -0.15) is 0 Å². The molecule has 0 saturated heterocycles. The predicted molar refractivity (Wildman–Crippen MR) is 73.3 cm³/mol. The minimum atomic E-state index is -1.48. The summed E-state index contributed by atoms with van der Waals surface area (Å²) >= 11 is 0. The molecule has 0 aromatic rings. The van der Waals surface area contributed by atoms with Gasteiger partial charge in [0, 0.05) is 5.92 Å². The molecule has 7 nitrogen and oxygen atoms in total. The van der Waals surface area contributed by atoms with Gasteiger partial charge >= 0.3 is 11.9 Å². The first-order valence-electron chi connectivity index (χ1n) is 7.30. The molecule has 0 aromatic carbocycles. The van der Waals surface area contributed by atoms with Gasteiger partial charge in [0.1, 0.15) is 5.54 Å². The summed E-state index contributed by atoms with van der Waals surface area (Å²) in [5, 5.41) is 21.2. The van der Waals surface area contributed by atoms with Gasteiger partial charge < -0.3 is 21.3 Å². The van der Waals surface area contributed by atoms with Gasteiger partial charge in [-0.25, -0.2) is 4.79 Å². The quantitative estimate of drug-likeness (QED) is 0.548. The summed E-state index contributed by atoms with van der Waals surface area (Å²) in [5.74, 6) is -4.08. The maximum Gasteiger partial charge on any atom is 0.329 e. The highest BCUT2D eigenvalue weighted by Crippen LogP contribution is 2.62. The molecule has 2 rings (SSSR count). The van der Waals surface area contributed by atoms with E-state index >= 15 is 0 Å². The molecule has 2 fully saturated rings. The number of carbonyl (C=O) groups excluding carboxylic acids is 1. The first-order valence-corrected chi connectivity index (χ1v) is 7.30. The fourth-order valence-electron chi connectivity index (χ4n) is 3.57. The number of hydrogen-bond acceptors (Lipinski definition) is 4. The lowest BCUT2D eigenvalue weighted by molar-refractivity contribution is -0.150. The molecule has 0 radical (unpaired) electrons. The second-order valence-corrected chi connectivity index (χ2v) is 6.27. The van der Waals surface area contributed by atoms with Crippen molar-refractivity contribution in [3.8, 4) is 0 Å². The van der Waals surface area contributed by atoms with Gasteiger partial charge in [-0.1, -0.05) is 20.3 Å². The lowest BCUT2D eigenvalue weighted by Crippen LogP contribution is -2.60. The van der Waals surface area contributed by atoms with Crippen molar-refractivity contribution in [3.63, 3.8) is 0 Å². The van der Waals surface area contributed by atoms with E-state index < -0.39 is 41.3 Å². The van der Waals surface area contributed by atoms with E-state index in [4.69, 9.17) is 10.8 Å². The number of carboxylic acid groups (broad SMARTS) is 2. The molecule has 21 heavy (non-hydrogen) atoms. The van der Waals surface area contributed by atoms with Gasteiger partial charge in [-0.3, -0.25) is 9.59 Å². The van der Waals surface area contributed by atoms with Crippen LogP contribution in [-0.2, 0) is 14.4 Å². The number of hydrogen-bond donors (Lipinski definition) is 4. The average molecular weight is 298 g/mol. The summed E-state index contributed by atoms with van der Waals surface area (Å²) in [6.45, 7) is 3.73. The maximum absolute atomic E-state index is 12.2. The zero-order valence-corrected chi connectivity index (χ0v) is 12.2. The number of rotatable bonds is 6. The fraction of sp³-hybridized carbons (Fsp3) is 0.786. The Labute approximate surface area is 122 Å². The molecule has 0 aliphatic heterocycles. The van der Waals surface area contributed by atoms with E-state index in [1.165, 1.54) is 0 Å². The van der Waals surface area contributed by atoms with Crippen LogP contribution in [0.2, 0.25) is 0 Å². The van der Waals surface area contributed by atoms with Crippen LogP contribution in [0, 0.1) is 23.7 Å². The highest BCUT2D eigenvalue weighted by atomic mass is 16.4. The predicted octanol–water partition coefficient (Wildman–Crippen LogP) is 0.0400. The Morgan fingerprint density at radius 2 is 2.00 bits per heavy atom. The minimum absolute atomic E-state index is 0.0671. The molecule has 0 aromatic heterocycles. The third-order valence-corrected chi connectivity index (χ3v) is 5.18. The summed E-state index contributed by atoms with van der Waals surface area (Å²) in [6, 6.07) is -0.785. The molecular formula is C14H22N2O5. The van der Waals surface area contributed by atoms with E-state index in [1.54, 1.807) is 0 Å². The Kier molecular flexibility index (Phi) is 3.97. The van der Waals surface area contributed by atoms with E-state index in [0.717, 1.165) is 0 Å². The fourth-order valence-corrected chi connectivity index (χ4v) is 3.57. The number of fused-ring (bicyclic) bond motifs is 1. The van der Waals surface area contributed by atoms with Crippen LogP contribution in [0.25, 0.3) is 0 Å². The number of carboxylic acids is 2. The van der Waals surface area contributed by atoms with Crippen LogP contribution in [0.4, 0.5) is 0 Å². The standard InChI is InChI=1S/C14H22N2O5/c1-3-6(2)10(15)11(17)16-14(13(20)21)5-4-7-8(9(7)14)12(18)19/h6-10H,3-5,15H2,1-2H3,(H,16,17)(H,18,19)(H,20,21)/t6-,7-,8-,9-,10-,14-/m0/s1. The summed E-state index contributed by atoms with van der Waals surface area (Å²) in [7, 11) is 0. The first kappa shape index (κ1) is 15.8. The number of nitrogens with one attached hydrogen (secondary N) is 1. The Morgan fingerprint density at radius 1 is 1.38 bits per heavy atom. The molecule has 6 atom stereocenters. The smallest absolute Gasteiger partial charge is 0.329 e. The van der Waals surface area contributed by atoms with E-state index in [-0.39, 0.29) is 18.3 Å². The van der Waals surface area contributed by atoms with E-state index in [9.17, 15) is 19.5 Å². The van der Waals surface area contributed by atoms with Gasteiger partial charge in [-0.15, -0.1) is 0 Å². The summed E-state index contributed by atoms with van der Waals surface area (Å²) < 4.78 is 0. The topological polar surface area (TPSA) is 130 Å². The Bertz CT molecular complexity index is 480. The molecule has 0 bridgehead atoms. The van der Waals surface area contributed by atoms with Crippen molar-refractivity contribution in [2.24, 2.45) is 29.4 Å². The van der Waals surface area contributed by atoms with Crippen molar-refractivity contribution in [3.05, 3.63) is 0 Å². The van der Waals surface area contributed by atoms with Crippen LogP contribution in [0.15, 0.2) is 0 Å². The molecule has 2 aliphatic rings. The van der Waals surface area contributed by atoms with Gasteiger partial charge in [0.2, 0.25) is 5.91 Å². The van der Waals surface area contributed by atoms with Crippen LogP contribution in [0.5, 0.6) is 0 Å². The molecule has 0 spiro atoms. The minimum Gasteiger partial charge on any atom is -0.481 e. The van der Waals surface area contributed by atoms with Crippen molar-refractivity contribution in [1.29, 1.82) is 0 Å². The highest BCUT2D eigenvalue weighted by Gasteiger charge is 2.72. The molecule has 0 unspecified atom stereocenters. The summed E-state index contributed by atoms with van der Waals surface area (Å²) in [6.07, 6.45) is 1.48. The SMILES string of the molecule is CC[C@H](C)[C@H](N)C(=O)N[C@@]1(C(=O)O)CC[C@H]2[C@H](C(=O)O)[C@H]21. The second kappa shape index (κ2) is 5.29. The highest BCUT2D eigenvalue weighted by molar-refractivity contribution is 5.92. The Morgan fingerprint density at radius 3 is 2.43 bits per heavy atom. The molecule has 118 valence electrons. The molecule has 7 heteroatoms. The van der Waals surface area contributed by atoms with E-state index in [0.29, 0.717) is 12.8 Å². The normalized spacial score (nSPS) is 36.4. The van der Waals surface area contributed by atoms with E-state index in [2.05, 4.69) is 5.32 Å². The van der Waals surface area contributed by atoms with Gasteiger partial charge in [-0.05, 0) is 24.7 Å². The van der Waals surface area contributed by atoms with Gasteiger partial charge in [0.15, 0.2) is 0 Å². The van der Waals surface area contributed by atoms with Crippen LogP contribution >= 0.6 is 0 Å². The second-order valence-electron chi connectivity index (χ2n) is 6.27. The number of aliphatic carboxylic acids is 2. The monoisotopic (exact) mass is 298 g/mol. The van der Waals surface area contributed by atoms with Crippen LogP contribution < -0.4 is 11.1 Å². The molecular weight excluding hydrogens is 276 g/mol. The molecule has 1 amide bonds. The largest absolute Gasteiger partial charge is 0.481 e. The summed E-state index contributed by atoms with van der Waals surface area (Å²) in [5.41, 5.74) is 4.36. The van der Waals surface area contributed by atoms with Crippen LogP contribution in [0.3, 0.4) is 0 Å². The van der Waals surface area contributed by atoms with Crippen molar-refractivity contribution >= 4 is 17.8 Å². The van der Waals surface area contributed by atoms with E-state index in [1.807, 2.05) is 13.8 Å². The van der Waals surface area contributed by atoms with Gasteiger partial charge in [0.05, 0.1) is 12.0 Å². The van der Waals surface area contributed by atoms with Crippen molar-refractivity contribution in [2.45, 2.75) is 44.7 Å². The molecule has 2 saturated carbocycles. The van der Waals surface area contributed by atoms with Crippen molar-refractivity contribution in [2.75, 3.05) is 0 Å². The van der Waals surface area contributed by atoms with Crippen molar-refractivity contribution < 1.29 is 24.6 Å². The zero-order valence-electron chi connectivity index (χ0n) is 12.2. The number of amides is 1. The number of nitrogens with two attached hydrogens (primary N) is 1. The molecule has 2 aliphatic carbocycles. The Hall–Kier alpha value is -1.63. The van der Waals surface area contributed by atoms with Crippen LogP contribution in [-0.4, -0.2) is 39.6 Å². The average Bonchev–Trinajstić information content (AvgIpc) is 3.06. The maximum atomic E-state index is 12.2.